The van der Waals surface area contributed by atoms with Gasteiger partial charge in [-0.3, -0.25) is 9.59 Å². The Balaban J connectivity index is 2.64. The monoisotopic (exact) mass is 273 g/mol. The summed E-state index contributed by atoms with van der Waals surface area (Å²) in [4.78, 5) is 23.0. The van der Waals surface area contributed by atoms with Crippen LogP contribution in [0.2, 0.25) is 0 Å². The minimum absolute atomic E-state index is 0.0290. The molecule has 18 heavy (non-hydrogen) atoms. The van der Waals surface area contributed by atoms with E-state index < -0.39 is 5.54 Å². The van der Waals surface area contributed by atoms with Crippen LogP contribution in [-0.2, 0) is 9.59 Å². The minimum atomic E-state index is -0.660. The fraction of sp³-hybridized carbons (Fsp3) is 0.833. The molecule has 1 unspecified atom stereocenters. The van der Waals surface area contributed by atoms with E-state index in [0.717, 1.165) is 12.8 Å². The second-order valence-electron chi connectivity index (χ2n) is 5.07. The minimum Gasteiger partial charge on any atom is -0.368 e. The number of hydrogen-bond acceptors (Lipinski definition) is 4. The lowest BCUT2D eigenvalue weighted by molar-refractivity contribution is -0.124. The third-order valence-corrected chi connectivity index (χ3v) is 4.23. The van der Waals surface area contributed by atoms with Gasteiger partial charge in [-0.25, -0.2) is 0 Å². The van der Waals surface area contributed by atoms with Crippen LogP contribution < -0.4 is 16.4 Å². The van der Waals surface area contributed by atoms with Gasteiger partial charge in [-0.05, 0) is 32.6 Å². The fourth-order valence-electron chi connectivity index (χ4n) is 2.09. The van der Waals surface area contributed by atoms with Gasteiger partial charge in [0.2, 0.25) is 11.8 Å². The van der Waals surface area contributed by atoms with E-state index in [1.807, 2.05) is 13.8 Å². The molecule has 1 atom stereocenters. The number of nitrogens with one attached hydrogen (secondary N) is 2. The van der Waals surface area contributed by atoms with E-state index in [1.54, 1.807) is 7.05 Å². The van der Waals surface area contributed by atoms with E-state index >= 15 is 0 Å². The quantitative estimate of drug-likeness (QED) is 0.585. The first-order chi connectivity index (χ1) is 8.42. The third-order valence-electron chi connectivity index (χ3n) is 3.10. The Bertz CT molecular complexity index is 318. The van der Waals surface area contributed by atoms with Crippen molar-refractivity contribution in [2.45, 2.75) is 38.3 Å². The molecule has 2 amide bonds. The van der Waals surface area contributed by atoms with Crippen molar-refractivity contribution in [2.75, 3.05) is 18.6 Å². The van der Waals surface area contributed by atoms with Crippen molar-refractivity contribution in [3.63, 3.8) is 0 Å². The molecule has 0 aromatic heterocycles. The van der Waals surface area contributed by atoms with Crippen molar-refractivity contribution in [1.29, 1.82) is 0 Å². The zero-order chi connectivity index (χ0) is 13.8. The number of hydrogen-bond donors (Lipinski definition) is 3. The van der Waals surface area contributed by atoms with Crippen LogP contribution in [0.25, 0.3) is 0 Å². The predicted molar refractivity (Wildman–Crippen MR) is 74.3 cm³/mol. The Labute approximate surface area is 113 Å². The van der Waals surface area contributed by atoms with Crippen LogP contribution in [0.3, 0.4) is 0 Å². The highest BCUT2D eigenvalue weighted by molar-refractivity contribution is 8.00. The molecule has 0 saturated heterocycles. The molecule has 0 bridgehead atoms. The third kappa shape index (κ3) is 3.88. The van der Waals surface area contributed by atoms with E-state index in [9.17, 15) is 9.59 Å². The lowest BCUT2D eigenvalue weighted by atomic mass is 9.93. The van der Waals surface area contributed by atoms with E-state index in [4.69, 9.17) is 5.73 Å². The van der Waals surface area contributed by atoms with Gasteiger partial charge in [0, 0.05) is 18.8 Å². The summed E-state index contributed by atoms with van der Waals surface area (Å²) in [6.07, 6.45) is 2.06. The molecule has 0 aromatic rings. The number of thioether (sulfide) groups is 1. The molecule has 0 spiro atoms. The molecule has 1 rings (SSSR count). The first-order valence-electron chi connectivity index (χ1n) is 6.28. The van der Waals surface area contributed by atoms with Gasteiger partial charge in [-0.15, -0.1) is 11.8 Å². The molecular weight excluding hydrogens is 250 g/mol. The molecule has 0 heterocycles. The zero-order valence-corrected chi connectivity index (χ0v) is 12.1. The molecule has 0 aliphatic heterocycles. The summed E-state index contributed by atoms with van der Waals surface area (Å²) in [7, 11) is 1.61. The maximum absolute atomic E-state index is 11.8. The highest BCUT2D eigenvalue weighted by Gasteiger charge is 2.49. The number of carbonyl (C=O) groups excluding carboxylic acids is 2. The topological polar surface area (TPSA) is 84.2 Å². The molecule has 0 radical (unpaired) electrons. The summed E-state index contributed by atoms with van der Waals surface area (Å²) in [5.41, 5.74) is 4.94. The van der Waals surface area contributed by atoms with Crippen molar-refractivity contribution in [1.82, 2.24) is 10.6 Å². The maximum Gasteiger partial charge on any atom is 0.238 e. The van der Waals surface area contributed by atoms with Gasteiger partial charge in [-0.2, -0.15) is 0 Å². The number of carbonyl (C=O) groups is 2. The predicted octanol–water partition coefficient (Wildman–Crippen LogP) is 0.0977. The number of primary amides is 1. The maximum atomic E-state index is 11.8. The van der Waals surface area contributed by atoms with Crippen LogP contribution in [0.5, 0.6) is 0 Å². The van der Waals surface area contributed by atoms with Gasteiger partial charge in [0.05, 0.1) is 5.75 Å². The van der Waals surface area contributed by atoms with Crippen LogP contribution in [0, 0.1) is 5.92 Å². The second kappa shape index (κ2) is 6.43. The lowest BCUT2D eigenvalue weighted by Gasteiger charge is -2.33. The summed E-state index contributed by atoms with van der Waals surface area (Å²) in [5, 5.41) is 5.89. The van der Waals surface area contributed by atoms with Gasteiger partial charge in [0.1, 0.15) is 5.54 Å². The number of amides is 2. The smallest absolute Gasteiger partial charge is 0.238 e. The Morgan fingerprint density at radius 1 is 1.44 bits per heavy atom. The van der Waals surface area contributed by atoms with E-state index in [-0.39, 0.29) is 17.9 Å². The van der Waals surface area contributed by atoms with Gasteiger partial charge < -0.3 is 16.4 Å². The fourth-order valence-corrected chi connectivity index (χ4v) is 3.30. The standard InChI is InChI=1S/C12H23N3O2S/c1-8(2)15-12(11(13)17,9-4-5-9)7-18-6-10(16)14-3/h8-9,15H,4-7H2,1-3H3,(H2,13,17)(H,14,16). The summed E-state index contributed by atoms with van der Waals surface area (Å²) in [6.45, 7) is 4.01. The second-order valence-corrected chi connectivity index (χ2v) is 6.06. The summed E-state index contributed by atoms with van der Waals surface area (Å²) in [6, 6.07) is 0.193. The van der Waals surface area contributed by atoms with Crippen LogP contribution in [0.4, 0.5) is 0 Å². The molecule has 6 heteroatoms. The van der Waals surface area contributed by atoms with Crippen molar-refractivity contribution in [2.24, 2.45) is 11.7 Å². The largest absolute Gasteiger partial charge is 0.368 e. The average Bonchev–Trinajstić information content (AvgIpc) is 3.10. The number of rotatable bonds is 8. The van der Waals surface area contributed by atoms with Crippen LogP contribution >= 0.6 is 11.8 Å². The molecule has 5 nitrogen and oxygen atoms in total. The molecule has 104 valence electrons. The van der Waals surface area contributed by atoms with Gasteiger partial charge >= 0.3 is 0 Å². The molecule has 1 aliphatic carbocycles. The van der Waals surface area contributed by atoms with E-state index in [1.165, 1.54) is 11.8 Å². The van der Waals surface area contributed by atoms with Crippen LogP contribution in [0.15, 0.2) is 0 Å². The molecule has 4 N–H and O–H groups in total. The Kier molecular flexibility index (Phi) is 5.47. The first kappa shape index (κ1) is 15.3. The van der Waals surface area contributed by atoms with Gasteiger partial charge in [-0.1, -0.05) is 0 Å². The van der Waals surface area contributed by atoms with E-state index in [0.29, 0.717) is 17.4 Å². The van der Waals surface area contributed by atoms with Gasteiger partial charge in [0.15, 0.2) is 0 Å². The average molecular weight is 273 g/mol. The highest BCUT2D eigenvalue weighted by atomic mass is 32.2. The Morgan fingerprint density at radius 3 is 2.44 bits per heavy atom. The summed E-state index contributed by atoms with van der Waals surface area (Å²) in [5.74, 6) is 0.896. The first-order valence-corrected chi connectivity index (χ1v) is 7.43. The van der Waals surface area contributed by atoms with Crippen LogP contribution in [-0.4, -0.2) is 41.9 Å². The highest BCUT2D eigenvalue weighted by Crippen LogP contribution is 2.41. The van der Waals surface area contributed by atoms with Gasteiger partial charge in [0.25, 0.3) is 0 Å². The Morgan fingerprint density at radius 2 is 2.06 bits per heavy atom. The lowest BCUT2D eigenvalue weighted by Crippen LogP contribution is -2.61. The zero-order valence-electron chi connectivity index (χ0n) is 11.3. The number of nitrogens with two attached hydrogens (primary N) is 1. The molecule has 1 aliphatic rings. The molecular formula is C12H23N3O2S. The van der Waals surface area contributed by atoms with Crippen molar-refractivity contribution in [3.05, 3.63) is 0 Å². The molecule has 0 aromatic carbocycles. The molecule has 1 fully saturated rings. The van der Waals surface area contributed by atoms with Crippen LogP contribution in [0.1, 0.15) is 26.7 Å². The van der Waals surface area contributed by atoms with Crippen molar-refractivity contribution < 1.29 is 9.59 Å². The Hall–Kier alpha value is -0.750. The van der Waals surface area contributed by atoms with Crippen molar-refractivity contribution >= 4 is 23.6 Å². The van der Waals surface area contributed by atoms with E-state index in [2.05, 4.69) is 10.6 Å². The molecule has 1 saturated carbocycles. The SMILES string of the molecule is CNC(=O)CSCC(NC(C)C)(C(N)=O)C1CC1. The summed E-state index contributed by atoms with van der Waals surface area (Å²) >= 11 is 1.46. The normalized spacial score (nSPS) is 18.4. The summed E-state index contributed by atoms with van der Waals surface area (Å²) < 4.78 is 0. The van der Waals surface area contributed by atoms with Crippen molar-refractivity contribution in [3.8, 4) is 0 Å².